The molecule has 0 amide bonds. The van der Waals surface area contributed by atoms with Gasteiger partial charge in [0.1, 0.15) is 5.75 Å². The Morgan fingerprint density at radius 2 is 2.36 bits per heavy atom. The minimum atomic E-state index is -0.366. The van der Waals surface area contributed by atoms with Gasteiger partial charge < -0.3 is 4.74 Å². The van der Waals surface area contributed by atoms with Gasteiger partial charge in [0, 0.05) is 5.02 Å². The minimum Gasteiger partial charge on any atom is -0.477 e. The molecule has 1 unspecified atom stereocenters. The molecule has 0 heterocycles. The van der Waals surface area contributed by atoms with Gasteiger partial charge in [-0.2, -0.15) is 0 Å². The van der Waals surface area contributed by atoms with E-state index in [4.69, 9.17) is 22.8 Å². The van der Waals surface area contributed by atoms with Crippen LogP contribution >= 0.6 is 11.6 Å². The summed E-state index contributed by atoms with van der Waals surface area (Å²) in [6, 6.07) is 4.81. The predicted molar refractivity (Wildman–Crippen MR) is 55.8 cm³/mol. The van der Waals surface area contributed by atoms with Crippen molar-refractivity contribution < 1.29 is 9.53 Å². The van der Waals surface area contributed by atoms with E-state index in [1.165, 1.54) is 6.07 Å². The van der Waals surface area contributed by atoms with Crippen LogP contribution in [0.3, 0.4) is 0 Å². The van der Waals surface area contributed by atoms with E-state index in [9.17, 15) is 4.79 Å². The number of carbonyl (C=O) groups is 1. The normalized spacial score (nSPS) is 11.5. The largest absolute Gasteiger partial charge is 0.477 e. The molecule has 0 aromatic heterocycles. The molecule has 0 aliphatic rings. The Hall–Kier alpha value is -1.46. The maximum absolute atomic E-state index is 10.7. The van der Waals surface area contributed by atoms with Crippen LogP contribution in [0.5, 0.6) is 5.75 Å². The first-order valence-corrected chi connectivity index (χ1v) is 4.42. The van der Waals surface area contributed by atoms with Gasteiger partial charge in [-0.3, -0.25) is 4.79 Å². The smallest absolute Gasteiger partial charge is 0.156 e. The van der Waals surface area contributed by atoms with Crippen molar-refractivity contribution in [3.63, 3.8) is 0 Å². The topological polar surface area (TPSA) is 26.3 Å². The quantitative estimate of drug-likeness (QED) is 0.564. The third-order valence-electron chi connectivity index (χ3n) is 1.64. The summed E-state index contributed by atoms with van der Waals surface area (Å²) in [5.74, 6) is 2.86. The molecule has 0 radical (unpaired) electrons. The van der Waals surface area contributed by atoms with E-state index in [1.54, 1.807) is 19.1 Å². The Kier molecular flexibility index (Phi) is 3.55. The van der Waals surface area contributed by atoms with Crippen LogP contribution in [0.2, 0.25) is 5.02 Å². The molecule has 3 heteroatoms. The number of carbonyl (C=O) groups excluding carboxylic acids is 1. The second-order valence-electron chi connectivity index (χ2n) is 2.73. The fourth-order valence-corrected chi connectivity index (χ4v) is 1.12. The van der Waals surface area contributed by atoms with Crippen LogP contribution in [0.4, 0.5) is 0 Å². The van der Waals surface area contributed by atoms with Crippen molar-refractivity contribution in [1.82, 2.24) is 0 Å². The van der Waals surface area contributed by atoms with E-state index >= 15 is 0 Å². The van der Waals surface area contributed by atoms with E-state index in [2.05, 4.69) is 5.92 Å². The molecule has 1 atom stereocenters. The van der Waals surface area contributed by atoms with E-state index < -0.39 is 0 Å². The van der Waals surface area contributed by atoms with Gasteiger partial charge in [-0.25, -0.2) is 0 Å². The van der Waals surface area contributed by atoms with E-state index in [0.29, 0.717) is 22.6 Å². The Morgan fingerprint density at radius 3 is 2.93 bits per heavy atom. The first kappa shape index (κ1) is 10.6. The average molecular weight is 209 g/mol. The highest BCUT2D eigenvalue weighted by Gasteiger charge is 2.06. The predicted octanol–water partition coefficient (Wildman–Crippen LogP) is 2.55. The van der Waals surface area contributed by atoms with Crippen molar-refractivity contribution in [2.75, 3.05) is 0 Å². The fourth-order valence-electron chi connectivity index (χ4n) is 0.943. The van der Waals surface area contributed by atoms with Crippen LogP contribution in [0.25, 0.3) is 0 Å². The van der Waals surface area contributed by atoms with E-state index in [-0.39, 0.29) is 6.10 Å². The summed E-state index contributed by atoms with van der Waals surface area (Å²) >= 11 is 5.71. The summed E-state index contributed by atoms with van der Waals surface area (Å²) < 4.78 is 5.31. The van der Waals surface area contributed by atoms with Crippen LogP contribution in [0, 0.1) is 12.3 Å². The zero-order valence-corrected chi connectivity index (χ0v) is 8.41. The van der Waals surface area contributed by atoms with Gasteiger partial charge in [0.2, 0.25) is 0 Å². The molecule has 2 nitrogen and oxygen atoms in total. The lowest BCUT2D eigenvalue weighted by Gasteiger charge is -2.10. The lowest BCUT2D eigenvalue weighted by Crippen LogP contribution is -2.09. The summed E-state index contributed by atoms with van der Waals surface area (Å²) in [6.07, 6.45) is 5.47. The third kappa shape index (κ3) is 2.51. The van der Waals surface area contributed by atoms with Crippen LogP contribution in [-0.2, 0) is 0 Å². The van der Waals surface area contributed by atoms with E-state index in [0.717, 1.165) is 0 Å². The van der Waals surface area contributed by atoms with Gasteiger partial charge in [-0.1, -0.05) is 17.5 Å². The second-order valence-corrected chi connectivity index (χ2v) is 3.16. The molecule has 0 saturated carbocycles. The highest BCUT2D eigenvalue weighted by molar-refractivity contribution is 6.30. The molecular formula is C11H9ClO2. The summed E-state index contributed by atoms with van der Waals surface area (Å²) in [5.41, 5.74) is 0.402. The molecule has 1 rings (SSSR count). The van der Waals surface area contributed by atoms with Crippen molar-refractivity contribution >= 4 is 17.9 Å². The van der Waals surface area contributed by atoms with Gasteiger partial charge in [0.25, 0.3) is 0 Å². The first-order valence-electron chi connectivity index (χ1n) is 4.05. The lowest BCUT2D eigenvalue weighted by molar-refractivity contribution is 0.111. The second kappa shape index (κ2) is 4.69. The van der Waals surface area contributed by atoms with Crippen molar-refractivity contribution in [1.29, 1.82) is 0 Å². The van der Waals surface area contributed by atoms with Crippen molar-refractivity contribution in [3.8, 4) is 18.1 Å². The van der Waals surface area contributed by atoms with Crippen LogP contribution in [0.15, 0.2) is 18.2 Å². The molecule has 0 spiro atoms. The first-order chi connectivity index (χ1) is 6.67. The van der Waals surface area contributed by atoms with Crippen molar-refractivity contribution in [2.24, 2.45) is 0 Å². The number of rotatable bonds is 3. The molecule has 1 aromatic carbocycles. The Labute approximate surface area is 87.8 Å². The van der Waals surface area contributed by atoms with Gasteiger partial charge in [-0.05, 0) is 25.1 Å². The highest BCUT2D eigenvalue weighted by Crippen LogP contribution is 2.22. The number of hydrogen-bond donors (Lipinski definition) is 0. The molecule has 0 aliphatic carbocycles. The zero-order chi connectivity index (χ0) is 10.6. The third-order valence-corrected chi connectivity index (χ3v) is 1.87. The standard InChI is InChI=1S/C11H9ClO2/c1-3-8(2)14-11-5-4-10(12)6-9(11)7-13/h1,4-8H,2H3. The van der Waals surface area contributed by atoms with Gasteiger partial charge in [0.15, 0.2) is 12.4 Å². The molecule has 1 aromatic rings. The molecule has 0 fully saturated rings. The molecule has 0 aliphatic heterocycles. The molecule has 14 heavy (non-hydrogen) atoms. The monoisotopic (exact) mass is 208 g/mol. The SMILES string of the molecule is C#CC(C)Oc1ccc(Cl)cc1C=O. The zero-order valence-electron chi connectivity index (χ0n) is 7.66. The Balaban J connectivity index is 2.97. The number of ether oxygens (including phenoxy) is 1. The minimum absolute atomic E-state index is 0.366. The number of hydrogen-bond acceptors (Lipinski definition) is 2. The Bertz CT molecular complexity index is 379. The van der Waals surface area contributed by atoms with Crippen molar-refractivity contribution in [3.05, 3.63) is 28.8 Å². The maximum atomic E-state index is 10.7. The molecule has 0 N–H and O–H groups in total. The number of aldehydes is 1. The van der Waals surface area contributed by atoms with Crippen molar-refractivity contribution in [2.45, 2.75) is 13.0 Å². The van der Waals surface area contributed by atoms with Gasteiger partial charge >= 0.3 is 0 Å². The average Bonchev–Trinajstić information content (AvgIpc) is 2.20. The van der Waals surface area contributed by atoms with Gasteiger partial charge in [0.05, 0.1) is 5.56 Å². The summed E-state index contributed by atoms with van der Waals surface area (Å²) in [5, 5.41) is 0.493. The maximum Gasteiger partial charge on any atom is 0.156 e. The summed E-state index contributed by atoms with van der Waals surface area (Å²) in [7, 11) is 0. The summed E-state index contributed by atoms with van der Waals surface area (Å²) in [4.78, 5) is 10.7. The number of halogens is 1. The Morgan fingerprint density at radius 1 is 1.64 bits per heavy atom. The summed E-state index contributed by atoms with van der Waals surface area (Å²) in [6.45, 7) is 1.73. The lowest BCUT2D eigenvalue weighted by atomic mass is 10.2. The number of terminal acetylenes is 1. The van der Waals surface area contributed by atoms with E-state index in [1.807, 2.05) is 0 Å². The number of benzene rings is 1. The van der Waals surface area contributed by atoms with Crippen LogP contribution < -0.4 is 4.74 Å². The van der Waals surface area contributed by atoms with Gasteiger partial charge in [-0.15, -0.1) is 6.42 Å². The van der Waals surface area contributed by atoms with Crippen LogP contribution in [-0.4, -0.2) is 12.4 Å². The fraction of sp³-hybridized carbons (Fsp3) is 0.182. The van der Waals surface area contributed by atoms with Crippen LogP contribution in [0.1, 0.15) is 17.3 Å². The molecule has 0 bridgehead atoms. The molecular weight excluding hydrogens is 200 g/mol. The molecule has 72 valence electrons. The molecule has 0 saturated heterocycles. The highest BCUT2D eigenvalue weighted by atomic mass is 35.5.